The molecule has 1 aromatic rings. The maximum Gasteiger partial charge on any atom is 0.0502 e. The molecular weight excluding hydrogens is 266 g/mol. The van der Waals surface area contributed by atoms with Crippen molar-refractivity contribution < 1.29 is 4.21 Å². The summed E-state index contributed by atoms with van der Waals surface area (Å²) in [6, 6.07) is 7.69. The lowest BCUT2D eigenvalue weighted by Crippen LogP contribution is -2.37. The summed E-state index contributed by atoms with van der Waals surface area (Å²) in [5, 5.41) is 0.874. The van der Waals surface area contributed by atoms with E-state index in [4.69, 9.17) is 17.3 Å². The van der Waals surface area contributed by atoms with E-state index in [1.54, 1.807) is 0 Å². The first-order chi connectivity index (χ1) is 8.66. The molecule has 0 aromatic heterocycles. The fourth-order valence-electron chi connectivity index (χ4n) is 2.48. The van der Waals surface area contributed by atoms with Crippen LogP contribution in [0.15, 0.2) is 24.3 Å². The van der Waals surface area contributed by atoms with Crippen molar-refractivity contribution in [1.29, 1.82) is 0 Å². The molecule has 1 saturated carbocycles. The monoisotopic (exact) mass is 285 g/mol. The van der Waals surface area contributed by atoms with Crippen molar-refractivity contribution in [1.82, 2.24) is 0 Å². The Labute approximate surface area is 116 Å². The van der Waals surface area contributed by atoms with Crippen molar-refractivity contribution >= 4 is 22.4 Å². The molecule has 18 heavy (non-hydrogen) atoms. The molecule has 2 rings (SSSR count). The first-order valence-electron chi connectivity index (χ1n) is 6.54. The van der Waals surface area contributed by atoms with Crippen LogP contribution in [0, 0.1) is 0 Å². The standard InChI is InChI=1S/C14H20ClNOS/c15-12-8-6-11(7-9-12)10-18(17)14-5-3-1-2-4-13(14)16/h6-9,13-14H,1-5,10,16H2. The van der Waals surface area contributed by atoms with Gasteiger partial charge in [0, 0.05) is 27.6 Å². The van der Waals surface area contributed by atoms with Crippen LogP contribution >= 0.6 is 11.6 Å². The molecular formula is C14H20ClNOS. The van der Waals surface area contributed by atoms with E-state index in [1.807, 2.05) is 24.3 Å². The maximum atomic E-state index is 12.4. The fourth-order valence-corrected chi connectivity index (χ4v) is 4.30. The summed E-state index contributed by atoms with van der Waals surface area (Å²) in [6.45, 7) is 0. The quantitative estimate of drug-likeness (QED) is 0.867. The van der Waals surface area contributed by atoms with Gasteiger partial charge in [-0.25, -0.2) is 0 Å². The molecule has 2 N–H and O–H groups in total. The van der Waals surface area contributed by atoms with Gasteiger partial charge in [-0.2, -0.15) is 0 Å². The lowest BCUT2D eigenvalue weighted by Gasteiger charge is -2.20. The van der Waals surface area contributed by atoms with Gasteiger partial charge in [0.05, 0.1) is 5.25 Å². The zero-order valence-corrected chi connectivity index (χ0v) is 12.1. The second kappa shape index (κ2) is 6.69. The zero-order chi connectivity index (χ0) is 13.0. The van der Waals surface area contributed by atoms with E-state index >= 15 is 0 Å². The molecule has 0 aliphatic heterocycles. The van der Waals surface area contributed by atoms with Crippen molar-refractivity contribution in [2.24, 2.45) is 5.73 Å². The molecule has 0 bridgehead atoms. The minimum absolute atomic E-state index is 0.0978. The van der Waals surface area contributed by atoms with Crippen LogP contribution in [-0.2, 0) is 16.6 Å². The molecule has 0 radical (unpaired) electrons. The van der Waals surface area contributed by atoms with E-state index in [-0.39, 0.29) is 11.3 Å². The van der Waals surface area contributed by atoms with Crippen molar-refractivity contribution in [2.75, 3.05) is 0 Å². The molecule has 1 aromatic carbocycles. The highest BCUT2D eigenvalue weighted by atomic mass is 35.5. The van der Waals surface area contributed by atoms with Gasteiger partial charge in [0.15, 0.2) is 0 Å². The van der Waals surface area contributed by atoms with E-state index in [0.29, 0.717) is 5.75 Å². The van der Waals surface area contributed by atoms with Crippen molar-refractivity contribution in [3.63, 3.8) is 0 Å². The van der Waals surface area contributed by atoms with Crippen LogP contribution in [0.5, 0.6) is 0 Å². The SMILES string of the molecule is NC1CCCCCC1S(=O)Cc1ccc(Cl)cc1. The fraction of sp³-hybridized carbons (Fsp3) is 0.571. The molecule has 1 aliphatic carbocycles. The molecule has 4 heteroatoms. The molecule has 100 valence electrons. The Balaban J connectivity index is 1.99. The molecule has 1 fully saturated rings. The average molecular weight is 286 g/mol. The van der Waals surface area contributed by atoms with Crippen molar-refractivity contribution in [2.45, 2.75) is 49.1 Å². The van der Waals surface area contributed by atoms with E-state index in [0.717, 1.165) is 29.8 Å². The highest BCUT2D eigenvalue weighted by Gasteiger charge is 2.25. The Kier molecular flexibility index (Phi) is 5.22. The van der Waals surface area contributed by atoms with Crippen molar-refractivity contribution in [3.05, 3.63) is 34.9 Å². The molecule has 3 unspecified atom stereocenters. The largest absolute Gasteiger partial charge is 0.327 e. The molecule has 0 amide bonds. The second-order valence-electron chi connectivity index (χ2n) is 4.99. The van der Waals surface area contributed by atoms with Gasteiger partial charge in [0.25, 0.3) is 0 Å². The van der Waals surface area contributed by atoms with Crippen LogP contribution in [0.3, 0.4) is 0 Å². The van der Waals surface area contributed by atoms with Gasteiger partial charge in [-0.3, -0.25) is 4.21 Å². The summed E-state index contributed by atoms with van der Waals surface area (Å²) in [5.74, 6) is 0.593. The average Bonchev–Trinajstić information content (AvgIpc) is 2.57. The van der Waals surface area contributed by atoms with E-state index in [2.05, 4.69) is 0 Å². The Morgan fingerprint density at radius 2 is 1.83 bits per heavy atom. The van der Waals surface area contributed by atoms with Gasteiger partial charge >= 0.3 is 0 Å². The Hall–Kier alpha value is -0.380. The number of rotatable bonds is 3. The predicted molar refractivity (Wildman–Crippen MR) is 78.1 cm³/mol. The van der Waals surface area contributed by atoms with E-state index < -0.39 is 10.8 Å². The minimum atomic E-state index is -0.873. The summed E-state index contributed by atoms with van der Waals surface area (Å²) < 4.78 is 12.4. The van der Waals surface area contributed by atoms with Gasteiger partial charge in [-0.15, -0.1) is 0 Å². The van der Waals surface area contributed by atoms with E-state index in [9.17, 15) is 4.21 Å². The highest BCUT2D eigenvalue weighted by molar-refractivity contribution is 7.84. The summed E-state index contributed by atoms with van der Waals surface area (Å²) in [7, 11) is -0.873. The molecule has 3 atom stereocenters. The van der Waals surface area contributed by atoms with Crippen LogP contribution in [0.1, 0.15) is 37.7 Å². The van der Waals surface area contributed by atoms with Crippen LogP contribution < -0.4 is 5.73 Å². The van der Waals surface area contributed by atoms with Crippen LogP contribution in [0.25, 0.3) is 0 Å². The number of hydrogen-bond acceptors (Lipinski definition) is 2. The van der Waals surface area contributed by atoms with Gasteiger partial charge in [-0.05, 0) is 30.5 Å². The first-order valence-corrected chi connectivity index (χ1v) is 8.30. The maximum absolute atomic E-state index is 12.4. The third-order valence-electron chi connectivity index (χ3n) is 3.56. The number of nitrogens with two attached hydrogens (primary N) is 1. The van der Waals surface area contributed by atoms with E-state index in [1.165, 1.54) is 12.8 Å². The predicted octanol–water partition coefficient (Wildman–Crippen LogP) is 3.25. The Morgan fingerprint density at radius 1 is 1.17 bits per heavy atom. The van der Waals surface area contributed by atoms with Crippen LogP contribution in [0.4, 0.5) is 0 Å². The molecule has 0 spiro atoms. The smallest absolute Gasteiger partial charge is 0.0502 e. The number of benzene rings is 1. The topological polar surface area (TPSA) is 43.1 Å². The molecule has 1 aliphatic rings. The minimum Gasteiger partial charge on any atom is -0.327 e. The van der Waals surface area contributed by atoms with Crippen LogP contribution in [-0.4, -0.2) is 15.5 Å². The van der Waals surface area contributed by atoms with Crippen LogP contribution in [0.2, 0.25) is 5.02 Å². The van der Waals surface area contributed by atoms with Gasteiger partial charge in [0.1, 0.15) is 0 Å². The lowest BCUT2D eigenvalue weighted by molar-refractivity contribution is 0.574. The lowest BCUT2D eigenvalue weighted by atomic mass is 10.1. The normalized spacial score (nSPS) is 26.6. The summed E-state index contributed by atoms with van der Waals surface area (Å²) in [6.07, 6.45) is 5.57. The summed E-state index contributed by atoms with van der Waals surface area (Å²) in [5.41, 5.74) is 7.22. The third-order valence-corrected chi connectivity index (χ3v) is 5.69. The highest BCUT2D eigenvalue weighted by Crippen LogP contribution is 2.23. The van der Waals surface area contributed by atoms with Gasteiger partial charge in [0.2, 0.25) is 0 Å². The summed E-state index contributed by atoms with van der Waals surface area (Å²) in [4.78, 5) is 0. The second-order valence-corrected chi connectivity index (χ2v) is 7.08. The zero-order valence-electron chi connectivity index (χ0n) is 10.5. The molecule has 0 saturated heterocycles. The van der Waals surface area contributed by atoms with Gasteiger partial charge < -0.3 is 5.73 Å². The number of halogens is 1. The van der Waals surface area contributed by atoms with Crippen molar-refractivity contribution in [3.8, 4) is 0 Å². The Bertz CT molecular complexity index is 407. The first kappa shape index (κ1) is 14.0. The number of hydrogen-bond donors (Lipinski definition) is 1. The summed E-state index contributed by atoms with van der Waals surface area (Å²) >= 11 is 5.85. The third kappa shape index (κ3) is 3.81. The molecule has 0 heterocycles. The molecule has 2 nitrogen and oxygen atoms in total. The van der Waals surface area contributed by atoms with Gasteiger partial charge in [-0.1, -0.05) is 43.0 Å². The Morgan fingerprint density at radius 3 is 2.56 bits per heavy atom.